The summed E-state index contributed by atoms with van der Waals surface area (Å²) in [5.74, 6) is -0.210. The zero-order valence-corrected chi connectivity index (χ0v) is 16.3. The molecule has 3 aromatic rings. The van der Waals surface area contributed by atoms with E-state index in [1.165, 1.54) is 12.8 Å². The molecule has 0 unspecified atom stereocenters. The second-order valence-corrected chi connectivity index (χ2v) is 8.22. The molecule has 5 heteroatoms. The van der Waals surface area contributed by atoms with E-state index in [0.717, 1.165) is 41.4 Å². The number of carbonyl (C=O) groups excluding carboxylic acids is 1. The fourth-order valence-electron chi connectivity index (χ4n) is 3.81. The average molecular weight is 389 g/mol. The number of rotatable bonds is 7. The molecule has 148 valence electrons. The monoisotopic (exact) mass is 389 g/mol. The Hall–Kier alpha value is -2.79. The highest BCUT2D eigenvalue weighted by atomic mass is 19.1. The summed E-state index contributed by atoms with van der Waals surface area (Å²) in [7, 11) is 0. The first kappa shape index (κ1) is 18.3. The van der Waals surface area contributed by atoms with Gasteiger partial charge < -0.3 is 5.32 Å². The summed E-state index contributed by atoms with van der Waals surface area (Å²) in [5.41, 5.74) is 3.66. The lowest BCUT2D eigenvalue weighted by atomic mass is 10.1. The molecular weight excluding hydrogens is 365 g/mol. The number of hydrogen-bond donors (Lipinski definition) is 1. The predicted octanol–water partition coefficient (Wildman–Crippen LogP) is 4.43. The van der Waals surface area contributed by atoms with Gasteiger partial charge in [-0.2, -0.15) is 0 Å². The van der Waals surface area contributed by atoms with Crippen molar-refractivity contribution in [3.8, 4) is 0 Å². The van der Waals surface area contributed by atoms with Gasteiger partial charge in [-0.1, -0.05) is 18.2 Å². The largest absolute Gasteiger partial charge is 0.349 e. The van der Waals surface area contributed by atoms with Crippen LogP contribution in [0.5, 0.6) is 0 Å². The lowest BCUT2D eigenvalue weighted by Gasteiger charge is -2.23. The van der Waals surface area contributed by atoms with Gasteiger partial charge in [0.25, 0.3) is 5.91 Å². The topological polar surface area (TPSA) is 45.2 Å². The van der Waals surface area contributed by atoms with Crippen LogP contribution < -0.4 is 5.32 Å². The lowest BCUT2D eigenvalue weighted by molar-refractivity contribution is 0.0951. The van der Waals surface area contributed by atoms with Crippen molar-refractivity contribution < 1.29 is 9.18 Å². The molecule has 29 heavy (non-hydrogen) atoms. The minimum Gasteiger partial charge on any atom is -0.349 e. The van der Waals surface area contributed by atoms with Crippen molar-refractivity contribution >= 4 is 16.8 Å². The molecule has 2 saturated carbocycles. The van der Waals surface area contributed by atoms with Crippen molar-refractivity contribution in [3.63, 3.8) is 0 Å². The van der Waals surface area contributed by atoms with E-state index in [0.29, 0.717) is 24.2 Å². The summed E-state index contributed by atoms with van der Waals surface area (Å²) in [5, 5.41) is 3.86. The van der Waals surface area contributed by atoms with Gasteiger partial charge in [0.05, 0.1) is 5.52 Å². The second kappa shape index (κ2) is 7.56. The molecule has 2 aliphatic carbocycles. The van der Waals surface area contributed by atoms with Crippen LogP contribution in [-0.2, 0) is 13.1 Å². The van der Waals surface area contributed by atoms with Crippen LogP contribution in [0.4, 0.5) is 4.39 Å². The van der Waals surface area contributed by atoms with Crippen molar-refractivity contribution in [3.05, 3.63) is 77.2 Å². The third-order valence-electron chi connectivity index (χ3n) is 5.70. The number of benzene rings is 2. The maximum absolute atomic E-state index is 14.1. The molecule has 0 bridgehead atoms. The van der Waals surface area contributed by atoms with E-state index in [1.807, 2.05) is 36.4 Å². The molecule has 1 amide bonds. The van der Waals surface area contributed by atoms with Crippen molar-refractivity contribution in [2.45, 2.75) is 50.9 Å². The van der Waals surface area contributed by atoms with Crippen LogP contribution in [0.1, 0.15) is 47.2 Å². The van der Waals surface area contributed by atoms with Crippen LogP contribution in [-0.4, -0.2) is 27.9 Å². The van der Waals surface area contributed by atoms with Crippen LogP contribution >= 0.6 is 0 Å². The number of nitrogens with one attached hydrogen (secondary N) is 1. The Morgan fingerprint density at radius 2 is 1.86 bits per heavy atom. The standard InChI is InChI=1S/C24H24FN3O/c25-20-12-18-2-1-11-26-23(18)19(13-20)15-28(22-9-10-22)14-16-3-5-17(6-4-16)24(29)27-21-7-8-21/h1-6,11-13,21-22H,7-10,14-15H2,(H,27,29). The van der Waals surface area contributed by atoms with Crippen LogP contribution in [0.15, 0.2) is 54.7 Å². The van der Waals surface area contributed by atoms with Crippen LogP contribution in [0.25, 0.3) is 10.9 Å². The highest BCUT2D eigenvalue weighted by molar-refractivity contribution is 5.94. The highest BCUT2D eigenvalue weighted by Crippen LogP contribution is 2.31. The molecule has 0 radical (unpaired) electrons. The number of fused-ring (bicyclic) bond motifs is 1. The number of nitrogens with zero attached hydrogens (tertiary/aromatic N) is 2. The van der Waals surface area contributed by atoms with Gasteiger partial charge in [0, 0.05) is 42.3 Å². The molecule has 1 heterocycles. The van der Waals surface area contributed by atoms with Crippen molar-refractivity contribution in [1.82, 2.24) is 15.2 Å². The van der Waals surface area contributed by atoms with E-state index in [2.05, 4.69) is 15.2 Å². The molecule has 0 atom stereocenters. The Labute approximate surface area is 169 Å². The zero-order chi connectivity index (χ0) is 19.8. The van der Waals surface area contributed by atoms with Gasteiger partial charge in [0.1, 0.15) is 5.82 Å². The molecule has 1 aromatic heterocycles. The zero-order valence-electron chi connectivity index (χ0n) is 16.3. The molecular formula is C24H24FN3O. The Balaban J connectivity index is 1.33. The first-order chi connectivity index (χ1) is 14.2. The third-order valence-corrected chi connectivity index (χ3v) is 5.70. The van der Waals surface area contributed by atoms with E-state index in [4.69, 9.17) is 0 Å². The summed E-state index contributed by atoms with van der Waals surface area (Å²) in [4.78, 5) is 19.1. The number of hydrogen-bond acceptors (Lipinski definition) is 3. The maximum Gasteiger partial charge on any atom is 0.251 e. The molecule has 2 aliphatic rings. The third kappa shape index (κ3) is 4.30. The predicted molar refractivity (Wildman–Crippen MR) is 111 cm³/mol. The number of halogens is 1. The van der Waals surface area contributed by atoms with Gasteiger partial charge in [-0.25, -0.2) is 4.39 Å². The lowest BCUT2D eigenvalue weighted by Crippen LogP contribution is -2.26. The Morgan fingerprint density at radius 3 is 2.59 bits per heavy atom. The van der Waals surface area contributed by atoms with Gasteiger partial charge >= 0.3 is 0 Å². The van der Waals surface area contributed by atoms with Crippen LogP contribution in [0, 0.1) is 5.82 Å². The molecule has 2 aromatic carbocycles. The van der Waals surface area contributed by atoms with Crippen molar-refractivity contribution in [2.75, 3.05) is 0 Å². The van der Waals surface area contributed by atoms with Gasteiger partial charge in [-0.15, -0.1) is 0 Å². The number of carbonyl (C=O) groups is 1. The number of pyridine rings is 1. The normalized spacial score (nSPS) is 16.3. The molecule has 4 nitrogen and oxygen atoms in total. The molecule has 0 aliphatic heterocycles. The Kier molecular flexibility index (Phi) is 4.76. The highest BCUT2D eigenvalue weighted by Gasteiger charge is 2.29. The molecule has 1 N–H and O–H groups in total. The maximum atomic E-state index is 14.1. The second-order valence-electron chi connectivity index (χ2n) is 8.22. The summed E-state index contributed by atoms with van der Waals surface area (Å²) in [6.07, 6.45) is 6.27. The number of amides is 1. The van der Waals surface area contributed by atoms with E-state index in [9.17, 15) is 9.18 Å². The number of aromatic nitrogens is 1. The quantitative estimate of drug-likeness (QED) is 0.650. The summed E-state index contributed by atoms with van der Waals surface area (Å²) < 4.78 is 14.1. The average Bonchev–Trinajstić information content (AvgIpc) is 3.62. The van der Waals surface area contributed by atoms with Gasteiger partial charge in [0.2, 0.25) is 0 Å². The minimum atomic E-state index is -0.220. The Morgan fingerprint density at radius 1 is 1.07 bits per heavy atom. The van der Waals surface area contributed by atoms with Crippen molar-refractivity contribution in [1.29, 1.82) is 0 Å². The SMILES string of the molecule is O=C(NC1CC1)c1ccc(CN(Cc2cc(F)cc3cccnc23)C2CC2)cc1. The first-order valence-electron chi connectivity index (χ1n) is 10.3. The minimum absolute atomic E-state index is 0.00963. The van der Waals surface area contributed by atoms with Crippen LogP contribution in [0.2, 0.25) is 0 Å². The van der Waals surface area contributed by atoms with E-state index in [-0.39, 0.29) is 11.7 Å². The van der Waals surface area contributed by atoms with Crippen molar-refractivity contribution in [2.24, 2.45) is 0 Å². The fourth-order valence-corrected chi connectivity index (χ4v) is 3.81. The van der Waals surface area contributed by atoms with Gasteiger partial charge in [-0.3, -0.25) is 14.7 Å². The molecule has 0 spiro atoms. The smallest absolute Gasteiger partial charge is 0.251 e. The van der Waals surface area contributed by atoms with E-state index < -0.39 is 0 Å². The first-order valence-corrected chi connectivity index (χ1v) is 10.3. The fraction of sp³-hybridized carbons (Fsp3) is 0.333. The summed E-state index contributed by atoms with van der Waals surface area (Å²) >= 11 is 0. The Bertz CT molecular complexity index is 1040. The van der Waals surface area contributed by atoms with Gasteiger partial charge in [0.15, 0.2) is 0 Å². The summed E-state index contributed by atoms with van der Waals surface area (Å²) in [6.45, 7) is 1.44. The molecule has 2 fully saturated rings. The van der Waals surface area contributed by atoms with E-state index in [1.54, 1.807) is 18.3 Å². The van der Waals surface area contributed by atoms with E-state index >= 15 is 0 Å². The van der Waals surface area contributed by atoms with Gasteiger partial charge in [-0.05, 0) is 67.1 Å². The van der Waals surface area contributed by atoms with Crippen LogP contribution in [0.3, 0.4) is 0 Å². The summed E-state index contributed by atoms with van der Waals surface area (Å²) in [6, 6.07) is 15.6. The molecule has 0 saturated heterocycles. The molecule has 5 rings (SSSR count).